The lowest BCUT2D eigenvalue weighted by Crippen LogP contribution is -2.16. The van der Waals surface area contributed by atoms with Gasteiger partial charge in [0.1, 0.15) is 12.2 Å². The number of carbonyl (C=O) groups is 2. The number of rotatable bonds is 4. The number of nitrogens with one attached hydrogen (secondary N) is 1. The van der Waals surface area contributed by atoms with Crippen LogP contribution in [0.25, 0.3) is 0 Å². The number of aromatic nitrogens is 3. The van der Waals surface area contributed by atoms with Gasteiger partial charge in [0.15, 0.2) is 0 Å². The van der Waals surface area contributed by atoms with Gasteiger partial charge in [-0.1, -0.05) is 0 Å². The number of aliphatic carboxylic acids is 1. The summed E-state index contributed by atoms with van der Waals surface area (Å²) in [7, 11) is 0. The second-order valence-electron chi connectivity index (χ2n) is 3.25. The molecular weight excluding hydrogens is 240 g/mol. The zero-order valence-corrected chi connectivity index (χ0v) is 9.03. The monoisotopic (exact) mass is 248 g/mol. The average molecular weight is 248 g/mol. The van der Waals surface area contributed by atoms with Gasteiger partial charge in [0.05, 0.1) is 24.2 Å². The Morgan fingerprint density at radius 1 is 1.39 bits per heavy atom. The number of amides is 1. The fourth-order valence-electron chi connectivity index (χ4n) is 1.29. The lowest BCUT2D eigenvalue weighted by molar-refractivity contribution is -0.136. The van der Waals surface area contributed by atoms with Crippen LogP contribution >= 0.6 is 0 Å². The van der Waals surface area contributed by atoms with Gasteiger partial charge in [-0.2, -0.15) is 5.10 Å². The smallest absolute Gasteiger partial charge is 0.311 e. The van der Waals surface area contributed by atoms with Crippen molar-refractivity contribution in [1.29, 1.82) is 0 Å². The normalized spacial score (nSPS) is 10.0. The van der Waals surface area contributed by atoms with Crippen molar-refractivity contribution in [2.45, 2.75) is 6.42 Å². The van der Waals surface area contributed by atoms with Crippen LogP contribution in [0.1, 0.15) is 16.1 Å². The summed E-state index contributed by atoms with van der Waals surface area (Å²) in [5, 5.41) is 18.2. The van der Waals surface area contributed by atoms with Crippen LogP contribution in [0.2, 0.25) is 0 Å². The second kappa shape index (κ2) is 5.04. The Hall–Kier alpha value is -2.77. The van der Waals surface area contributed by atoms with E-state index in [0.717, 1.165) is 0 Å². The quantitative estimate of drug-likeness (QED) is 0.800. The van der Waals surface area contributed by atoms with E-state index in [9.17, 15) is 9.59 Å². The first-order chi connectivity index (χ1) is 8.66. The summed E-state index contributed by atoms with van der Waals surface area (Å²) in [6.45, 7) is 0. The standard InChI is InChI=1S/C10H8N4O4/c15-8(16)5-7-6(1-4-18-7)9(17)13-10-11-2-3-12-14-10/h1-4H,5H2,(H,15,16)(H,11,13,14,17). The predicted molar refractivity (Wildman–Crippen MR) is 57.8 cm³/mol. The van der Waals surface area contributed by atoms with Crippen molar-refractivity contribution in [1.82, 2.24) is 15.2 Å². The molecule has 0 aliphatic carbocycles. The maximum Gasteiger partial charge on any atom is 0.311 e. The Labute approximate surface area is 101 Å². The van der Waals surface area contributed by atoms with E-state index >= 15 is 0 Å². The van der Waals surface area contributed by atoms with E-state index in [1.165, 1.54) is 24.7 Å². The number of carboxylic acid groups (broad SMARTS) is 1. The van der Waals surface area contributed by atoms with Crippen molar-refractivity contribution in [2.75, 3.05) is 5.32 Å². The highest BCUT2D eigenvalue weighted by atomic mass is 16.4. The van der Waals surface area contributed by atoms with Crippen molar-refractivity contribution in [3.63, 3.8) is 0 Å². The van der Waals surface area contributed by atoms with Gasteiger partial charge in [-0.05, 0) is 6.07 Å². The summed E-state index contributed by atoms with van der Waals surface area (Å²) < 4.78 is 4.94. The Kier molecular flexibility index (Phi) is 3.28. The van der Waals surface area contributed by atoms with Crippen LogP contribution in [0.5, 0.6) is 0 Å². The van der Waals surface area contributed by atoms with E-state index in [1.54, 1.807) is 0 Å². The molecule has 1 amide bonds. The van der Waals surface area contributed by atoms with E-state index in [2.05, 4.69) is 20.5 Å². The molecule has 0 saturated heterocycles. The summed E-state index contributed by atoms with van der Waals surface area (Å²) in [5.41, 5.74) is 0.129. The van der Waals surface area contributed by atoms with Gasteiger partial charge in [-0.3, -0.25) is 14.9 Å². The first-order valence-electron chi connectivity index (χ1n) is 4.90. The van der Waals surface area contributed by atoms with E-state index in [1.807, 2.05) is 0 Å². The first-order valence-corrected chi connectivity index (χ1v) is 4.90. The molecule has 0 aromatic carbocycles. The second-order valence-corrected chi connectivity index (χ2v) is 3.25. The van der Waals surface area contributed by atoms with Gasteiger partial charge in [0.25, 0.3) is 5.91 Å². The fourth-order valence-corrected chi connectivity index (χ4v) is 1.29. The molecule has 0 atom stereocenters. The third kappa shape index (κ3) is 2.67. The average Bonchev–Trinajstić information content (AvgIpc) is 2.77. The van der Waals surface area contributed by atoms with Gasteiger partial charge < -0.3 is 9.52 Å². The Morgan fingerprint density at radius 3 is 2.89 bits per heavy atom. The summed E-state index contributed by atoms with van der Waals surface area (Å²) in [6.07, 6.45) is 3.61. The van der Waals surface area contributed by atoms with Crippen LogP contribution in [0.3, 0.4) is 0 Å². The van der Waals surface area contributed by atoms with Crippen LogP contribution < -0.4 is 5.32 Å². The Bertz CT molecular complexity index is 566. The summed E-state index contributed by atoms with van der Waals surface area (Å²) >= 11 is 0. The SMILES string of the molecule is O=C(O)Cc1occc1C(=O)Nc1nccnn1. The molecule has 2 aromatic heterocycles. The maximum atomic E-state index is 11.8. The molecule has 92 valence electrons. The molecule has 0 aliphatic heterocycles. The van der Waals surface area contributed by atoms with Crippen molar-refractivity contribution < 1.29 is 19.1 Å². The van der Waals surface area contributed by atoms with Crippen LogP contribution in [0.15, 0.2) is 29.1 Å². The van der Waals surface area contributed by atoms with Gasteiger partial charge in [0, 0.05) is 0 Å². The number of carbonyl (C=O) groups excluding carboxylic acids is 1. The minimum absolute atomic E-state index is 0.0324. The van der Waals surface area contributed by atoms with Gasteiger partial charge in [-0.25, -0.2) is 4.98 Å². The van der Waals surface area contributed by atoms with Crippen LogP contribution in [-0.4, -0.2) is 32.2 Å². The van der Waals surface area contributed by atoms with E-state index in [0.29, 0.717) is 0 Å². The topological polar surface area (TPSA) is 118 Å². The van der Waals surface area contributed by atoms with Crippen molar-refractivity contribution >= 4 is 17.8 Å². The van der Waals surface area contributed by atoms with Crippen molar-refractivity contribution in [3.05, 3.63) is 36.0 Å². The molecule has 2 heterocycles. The zero-order chi connectivity index (χ0) is 13.0. The number of anilines is 1. The van der Waals surface area contributed by atoms with Crippen LogP contribution in [0, 0.1) is 0 Å². The Balaban J connectivity index is 2.14. The molecule has 0 unspecified atom stereocenters. The molecule has 8 nitrogen and oxygen atoms in total. The number of hydrogen-bond donors (Lipinski definition) is 2. The first kappa shape index (κ1) is 11.7. The van der Waals surface area contributed by atoms with E-state index in [-0.39, 0.29) is 23.7 Å². The fraction of sp³-hybridized carbons (Fsp3) is 0.100. The molecule has 0 aliphatic rings. The van der Waals surface area contributed by atoms with Crippen LogP contribution in [-0.2, 0) is 11.2 Å². The van der Waals surface area contributed by atoms with Gasteiger partial charge >= 0.3 is 5.97 Å². The predicted octanol–water partition coefficient (Wildman–Crippen LogP) is 0.344. The molecule has 2 rings (SSSR count). The third-order valence-corrected chi connectivity index (χ3v) is 2.01. The Morgan fingerprint density at radius 2 is 2.22 bits per heavy atom. The van der Waals surface area contributed by atoms with Gasteiger partial charge in [-0.15, -0.1) is 5.10 Å². The molecular formula is C10H8N4O4. The third-order valence-electron chi connectivity index (χ3n) is 2.01. The summed E-state index contributed by atoms with van der Waals surface area (Å²) in [5.74, 6) is -1.53. The molecule has 0 saturated carbocycles. The summed E-state index contributed by atoms with van der Waals surface area (Å²) in [6, 6.07) is 1.38. The van der Waals surface area contributed by atoms with Crippen molar-refractivity contribution in [2.24, 2.45) is 0 Å². The highest BCUT2D eigenvalue weighted by molar-refractivity contribution is 6.04. The lowest BCUT2D eigenvalue weighted by Gasteiger charge is -2.01. The minimum Gasteiger partial charge on any atom is -0.481 e. The molecule has 0 fully saturated rings. The lowest BCUT2D eigenvalue weighted by atomic mass is 10.2. The van der Waals surface area contributed by atoms with Gasteiger partial charge in [0.2, 0.25) is 5.95 Å². The molecule has 8 heteroatoms. The number of nitrogens with zero attached hydrogens (tertiary/aromatic N) is 3. The highest BCUT2D eigenvalue weighted by Gasteiger charge is 2.17. The zero-order valence-electron chi connectivity index (χ0n) is 9.03. The van der Waals surface area contributed by atoms with E-state index in [4.69, 9.17) is 9.52 Å². The molecule has 0 radical (unpaired) electrons. The van der Waals surface area contributed by atoms with E-state index < -0.39 is 11.9 Å². The van der Waals surface area contributed by atoms with Crippen molar-refractivity contribution in [3.8, 4) is 0 Å². The molecule has 0 spiro atoms. The maximum absolute atomic E-state index is 11.8. The highest BCUT2D eigenvalue weighted by Crippen LogP contribution is 2.12. The molecule has 2 N–H and O–H groups in total. The molecule has 0 bridgehead atoms. The largest absolute Gasteiger partial charge is 0.481 e. The summed E-state index contributed by atoms with van der Waals surface area (Å²) in [4.78, 5) is 26.1. The molecule has 18 heavy (non-hydrogen) atoms. The number of carboxylic acids is 1. The molecule has 2 aromatic rings. The number of hydrogen-bond acceptors (Lipinski definition) is 6. The number of furan rings is 1. The minimum atomic E-state index is -1.09. The van der Waals surface area contributed by atoms with Crippen LogP contribution in [0.4, 0.5) is 5.95 Å².